The average Bonchev–Trinajstić information content (AvgIpc) is 2.96. The molecule has 0 atom stereocenters. The van der Waals surface area contributed by atoms with Gasteiger partial charge in [0.2, 0.25) is 0 Å². The molecule has 0 aliphatic carbocycles. The number of carboxylic acid groups (broad SMARTS) is 1. The molecule has 2 rings (SSSR count). The van der Waals surface area contributed by atoms with Crippen molar-refractivity contribution in [1.82, 2.24) is 15.1 Å². The molecule has 1 fully saturated rings. The van der Waals surface area contributed by atoms with E-state index in [-0.39, 0.29) is 0 Å². The fourth-order valence-electron chi connectivity index (χ4n) is 2.11. The Hall–Kier alpha value is -1.82. The molecule has 0 aromatic carbocycles. The summed E-state index contributed by atoms with van der Waals surface area (Å²) in [6.45, 7) is 1.87. The van der Waals surface area contributed by atoms with Crippen LogP contribution >= 0.6 is 0 Å². The molecule has 1 saturated heterocycles. The van der Waals surface area contributed by atoms with Gasteiger partial charge in [0.1, 0.15) is 0 Å². The Labute approximate surface area is 138 Å². The summed E-state index contributed by atoms with van der Waals surface area (Å²) in [4.78, 5) is 10.9. The second kappa shape index (κ2) is 8.52. The summed E-state index contributed by atoms with van der Waals surface area (Å²) in [5, 5.41) is 12.8. The number of aliphatic carboxylic acids is 1. The van der Waals surface area contributed by atoms with E-state index >= 15 is 0 Å². The Morgan fingerprint density at radius 3 is 2.24 bits per heavy atom. The Bertz CT molecular complexity index is 552. The Balaban J connectivity index is 0.000000381. The van der Waals surface area contributed by atoms with Gasteiger partial charge in [0, 0.05) is 31.5 Å². The van der Waals surface area contributed by atoms with E-state index in [1.807, 2.05) is 11.9 Å². The smallest absolute Gasteiger partial charge is 0.475 e. The molecule has 1 aromatic heterocycles. The van der Waals surface area contributed by atoms with Crippen LogP contribution in [0.2, 0.25) is 0 Å². The molecular formula is C13H17F6N3O3. The zero-order chi connectivity index (χ0) is 19.3. The molecule has 0 radical (unpaired) electrons. The number of carboxylic acids is 1. The number of halogens is 6. The van der Waals surface area contributed by atoms with E-state index < -0.39 is 24.0 Å². The van der Waals surface area contributed by atoms with Crippen molar-refractivity contribution in [1.29, 1.82) is 0 Å². The molecule has 1 aliphatic rings. The van der Waals surface area contributed by atoms with Crippen LogP contribution in [-0.2, 0) is 22.3 Å². The van der Waals surface area contributed by atoms with Gasteiger partial charge < -0.3 is 9.84 Å². The lowest BCUT2D eigenvalue weighted by Crippen LogP contribution is -2.36. The lowest BCUT2D eigenvalue weighted by atomic mass is 10.1. The molecule has 0 saturated carbocycles. The summed E-state index contributed by atoms with van der Waals surface area (Å²) < 4.78 is 74.1. The minimum atomic E-state index is -5.08. The first-order valence-corrected chi connectivity index (χ1v) is 7.11. The van der Waals surface area contributed by atoms with Gasteiger partial charge in [0.25, 0.3) is 0 Å². The average molecular weight is 377 g/mol. The van der Waals surface area contributed by atoms with Gasteiger partial charge in [-0.1, -0.05) is 0 Å². The van der Waals surface area contributed by atoms with Crippen molar-refractivity contribution in [3.63, 3.8) is 0 Å². The lowest BCUT2D eigenvalue weighted by molar-refractivity contribution is -0.192. The molecule has 0 spiro atoms. The van der Waals surface area contributed by atoms with Crippen molar-refractivity contribution in [2.24, 2.45) is 0 Å². The van der Waals surface area contributed by atoms with Crippen LogP contribution in [0, 0.1) is 0 Å². The lowest BCUT2D eigenvalue weighted by Gasteiger charge is -2.30. The highest BCUT2D eigenvalue weighted by Gasteiger charge is 2.38. The van der Waals surface area contributed by atoms with Crippen LogP contribution < -0.4 is 0 Å². The number of nitrogens with zero attached hydrogens (tertiary/aromatic N) is 2. The third kappa shape index (κ3) is 7.30. The minimum absolute atomic E-state index is 0.358. The fraction of sp³-hybridized carbons (Fsp3) is 0.692. The summed E-state index contributed by atoms with van der Waals surface area (Å²) in [6.07, 6.45) is -7.64. The van der Waals surface area contributed by atoms with E-state index in [2.05, 4.69) is 10.2 Å². The number of aromatic nitrogens is 2. The number of aromatic amines is 1. The van der Waals surface area contributed by atoms with E-state index in [1.165, 1.54) is 0 Å². The molecule has 6 nitrogen and oxygen atoms in total. The molecule has 0 bridgehead atoms. The maximum absolute atomic E-state index is 12.4. The zero-order valence-electron chi connectivity index (χ0n) is 13.1. The molecule has 1 aliphatic heterocycles. The third-order valence-corrected chi connectivity index (χ3v) is 3.40. The van der Waals surface area contributed by atoms with Gasteiger partial charge in [-0.15, -0.1) is 0 Å². The first-order valence-electron chi connectivity index (χ1n) is 7.11. The van der Waals surface area contributed by atoms with Gasteiger partial charge in [0.15, 0.2) is 5.69 Å². The number of ether oxygens (including phenoxy) is 1. The van der Waals surface area contributed by atoms with Crippen molar-refractivity contribution in [2.45, 2.75) is 37.8 Å². The van der Waals surface area contributed by atoms with Crippen molar-refractivity contribution >= 4 is 5.97 Å². The van der Waals surface area contributed by atoms with Crippen molar-refractivity contribution in [3.05, 3.63) is 17.5 Å². The van der Waals surface area contributed by atoms with Crippen LogP contribution in [-0.4, -0.2) is 58.7 Å². The maximum atomic E-state index is 12.4. The number of hydrogen-bond acceptors (Lipinski definition) is 4. The Morgan fingerprint density at radius 1 is 1.32 bits per heavy atom. The first-order chi connectivity index (χ1) is 11.4. The first kappa shape index (κ1) is 21.2. The van der Waals surface area contributed by atoms with Crippen LogP contribution in [0.3, 0.4) is 0 Å². The summed E-state index contributed by atoms with van der Waals surface area (Å²) in [5.74, 6) is -2.76. The summed E-state index contributed by atoms with van der Waals surface area (Å²) in [6, 6.07) is 1.42. The quantitative estimate of drug-likeness (QED) is 0.792. The molecule has 12 heteroatoms. The molecule has 1 aromatic rings. The highest BCUT2D eigenvalue weighted by molar-refractivity contribution is 5.73. The number of hydrogen-bond donors (Lipinski definition) is 2. The van der Waals surface area contributed by atoms with Crippen LogP contribution in [0.25, 0.3) is 0 Å². The van der Waals surface area contributed by atoms with E-state index in [1.54, 1.807) is 0 Å². The van der Waals surface area contributed by atoms with E-state index in [0.29, 0.717) is 31.5 Å². The highest BCUT2D eigenvalue weighted by atomic mass is 19.4. The number of rotatable bonds is 3. The standard InChI is InChI=1S/C11H16F3N3O.C2HF3O2/c1-17(9-2-4-18-5-3-9)7-8-6-10(16-15-8)11(12,13)14;3-2(4,5)1(6)7/h6,9H,2-5,7H2,1H3,(H,15,16);(H,6,7). The zero-order valence-corrected chi connectivity index (χ0v) is 13.1. The second-order valence-corrected chi connectivity index (χ2v) is 5.34. The largest absolute Gasteiger partial charge is 0.490 e. The Kier molecular flexibility index (Phi) is 7.23. The molecule has 144 valence electrons. The monoisotopic (exact) mass is 377 g/mol. The van der Waals surface area contributed by atoms with E-state index in [9.17, 15) is 26.3 Å². The number of H-pyrrole nitrogens is 1. The van der Waals surface area contributed by atoms with Gasteiger partial charge in [-0.05, 0) is 26.0 Å². The van der Waals surface area contributed by atoms with Crippen molar-refractivity contribution < 1.29 is 41.0 Å². The highest BCUT2D eigenvalue weighted by Crippen LogP contribution is 2.28. The number of carbonyl (C=O) groups is 1. The summed E-state index contributed by atoms with van der Waals surface area (Å²) >= 11 is 0. The topological polar surface area (TPSA) is 78.5 Å². The van der Waals surface area contributed by atoms with Crippen molar-refractivity contribution in [2.75, 3.05) is 20.3 Å². The van der Waals surface area contributed by atoms with Crippen LogP contribution in [0.5, 0.6) is 0 Å². The molecular weight excluding hydrogens is 360 g/mol. The molecule has 2 N–H and O–H groups in total. The van der Waals surface area contributed by atoms with E-state index in [4.69, 9.17) is 14.6 Å². The molecule has 0 unspecified atom stereocenters. The normalized spacial score (nSPS) is 16.5. The maximum Gasteiger partial charge on any atom is 0.490 e. The minimum Gasteiger partial charge on any atom is -0.475 e. The molecule has 0 amide bonds. The second-order valence-electron chi connectivity index (χ2n) is 5.34. The van der Waals surface area contributed by atoms with Gasteiger partial charge in [-0.25, -0.2) is 4.79 Å². The van der Waals surface area contributed by atoms with Gasteiger partial charge in [-0.3, -0.25) is 10.00 Å². The van der Waals surface area contributed by atoms with Gasteiger partial charge in [-0.2, -0.15) is 31.4 Å². The third-order valence-electron chi connectivity index (χ3n) is 3.40. The number of alkyl halides is 6. The molecule has 25 heavy (non-hydrogen) atoms. The van der Waals surface area contributed by atoms with Gasteiger partial charge in [0.05, 0.1) is 0 Å². The van der Waals surface area contributed by atoms with Gasteiger partial charge >= 0.3 is 18.3 Å². The molecule has 2 heterocycles. The number of nitrogens with one attached hydrogen (secondary N) is 1. The summed E-state index contributed by atoms with van der Waals surface area (Å²) in [5.41, 5.74) is -0.380. The van der Waals surface area contributed by atoms with Crippen LogP contribution in [0.15, 0.2) is 6.07 Å². The SMILES string of the molecule is CN(Cc1cc(C(F)(F)F)n[nH]1)C1CCOCC1.O=C(O)C(F)(F)F. The predicted octanol–water partition coefficient (Wildman–Crippen LogP) is 2.67. The summed E-state index contributed by atoms with van der Waals surface area (Å²) in [7, 11) is 1.91. The van der Waals surface area contributed by atoms with Crippen LogP contribution in [0.4, 0.5) is 26.3 Å². The van der Waals surface area contributed by atoms with Crippen LogP contribution in [0.1, 0.15) is 24.2 Å². The Morgan fingerprint density at radius 2 is 1.84 bits per heavy atom. The van der Waals surface area contributed by atoms with E-state index in [0.717, 1.165) is 18.9 Å². The van der Waals surface area contributed by atoms with Crippen molar-refractivity contribution in [3.8, 4) is 0 Å². The predicted molar refractivity (Wildman–Crippen MR) is 72.6 cm³/mol. The fourth-order valence-corrected chi connectivity index (χ4v) is 2.11.